The molecule has 1 aromatic heterocycles. The SMILES string of the molecule is O=C(COc1ccc(Br)cc1)N1CCN(c2ncnc3ccccc23)CC1. The third kappa shape index (κ3) is 4.03. The lowest BCUT2D eigenvalue weighted by Gasteiger charge is -2.35. The molecule has 0 spiro atoms. The van der Waals surface area contributed by atoms with Gasteiger partial charge >= 0.3 is 0 Å². The Labute approximate surface area is 165 Å². The van der Waals surface area contributed by atoms with E-state index in [1.165, 1.54) is 0 Å². The monoisotopic (exact) mass is 426 g/mol. The third-order valence-corrected chi connectivity index (χ3v) is 5.16. The van der Waals surface area contributed by atoms with Crippen LogP contribution in [-0.2, 0) is 4.79 Å². The molecule has 138 valence electrons. The summed E-state index contributed by atoms with van der Waals surface area (Å²) in [5.41, 5.74) is 0.934. The van der Waals surface area contributed by atoms with Gasteiger partial charge in [0.15, 0.2) is 6.61 Å². The Hall–Kier alpha value is -2.67. The molecule has 0 N–H and O–H groups in total. The highest BCUT2D eigenvalue weighted by Gasteiger charge is 2.23. The van der Waals surface area contributed by atoms with Crippen LogP contribution in [0, 0.1) is 0 Å². The minimum Gasteiger partial charge on any atom is -0.484 e. The zero-order chi connectivity index (χ0) is 18.6. The highest BCUT2D eigenvalue weighted by atomic mass is 79.9. The second-order valence-electron chi connectivity index (χ2n) is 6.32. The van der Waals surface area contributed by atoms with Crippen molar-refractivity contribution in [3.05, 3.63) is 59.3 Å². The van der Waals surface area contributed by atoms with Crippen LogP contribution in [0.4, 0.5) is 5.82 Å². The Morgan fingerprint density at radius 2 is 1.74 bits per heavy atom. The van der Waals surface area contributed by atoms with E-state index in [2.05, 4.69) is 30.8 Å². The summed E-state index contributed by atoms with van der Waals surface area (Å²) in [5, 5.41) is 1.04. The first-order chi connectivity index (χ1) is 13.2. The number of carbonyl (C=O) groups is 1. The highest BCUT2D eigenvalue weighted by Crippen LogP contribution is 2.23. The zero-order valence-corrected chi connectivity index (χ0v) is 16.3. The summed E-state index contributed by atoms with van der Waals surface area (Å²) in [4.78, 5) is 25.3. The molecule has 2 heterocycles. The van der Waals surface area contributed by atoms with Crippen LogP contribution in [0.1, 0.15) is 0 Å². The molecule has 2 aromatic carbocycles. The molecule has 1 aliphatic rings. The number of amides is 1. The molecule has 4 rings (SSSR count). The topological polar surface area (TPSA) is 58.6 Å². The highest BCUT2D eigenvalue weighted by molar-refractivity contribution is 9.10. The standard InChI is InChI=1S/C20H19BrN4O2/c21-15-5-7-16(8-6-15)27-13-19(26)24-9-11-25(12-10-24)20-17-3-1-2-4-18(17)22-14-23-20/h1-8,14H,9-13H2. The average Bonchev–Trinajstić information content (AvgIpc) is 2.73. The molecule has 7 heteroatoms. The molecular weight excluding hydrogens is 408 g/mol. The number of para-hydroxylation sites is 1. The number of piperazine rings is 1. The third-order valence-electron chi connectivity index (χ3n) is 4.63. The zero-order valence-electron chi connectivity index (χ0n) is 14.7. The largest absolute Gasteiger partial charge is 0.484 e. The van der Waals surface area contributed by atoms with E-state index in [0.29, 0.717) is 18.8 Å². The van der Waals surface area contributed by atoms with Gasteiger partial charge in [-0.15, -0.1) is 0 Å². The van der Waals surface area contributed by atoms with Crippen molar-refractivity contribution in [3.8, 4) is 5.75 Å². The molecule has 0 aliphatic carbocycles. The van der Waals surface area contributed by atoms with E-state index in [-0.39, 0.29) is 12.5 Å². The number of halogens is 1. The normalized spacial score (nSPS) is 14.4. The first-order valence-electron chi connectivity index (χ1n) is 8.81. The second-order valence-corrected chi connectivity index (χ2v) is 7.24. The fourth-order valence-corrected chi connectivity index (χ4v) is 3.44. The van der Waals surface area contributed by atoms with Gasteiger partial charge in [-0.05, 0) is 36.4 Å². The number of aromatic nitrogens is 2. The summed E-state index contributed by atoms with van der Waals surface area (Å²) in [6, 6.07) is 15.5. The quantitative estimate of drug-likeness (QED) is 0.641. The van der Waals surface area contributed by atoms with Gasteiger partial charge in [0.05, 0.1) is 5.52 Å². The molecule has 1 saturated heterocycles. The maximum Gasteiger partial charge on any atom is 0.260 e. The van der Waals surface area contributed by atoms with Gasteiger partial charge in [-0.3, -0.25) is 4.79 Å². The van der Waals surface area contributed by atoms with Crippen LogP contribution >= 0.6 is 15.9 Å². The number of hydrogen-bond donors (Lipinski definition) is 0. The van der Waals surface area contributed by atoms with E-state index in [1.807, 2.05) is 53.4 Å². The minimum absolute atomic E-state index is 0.00474. The number of nitrogens with zero attached hydrogens (tertiary/aromatic N) is 4. The van der Waals surface area contributed by atoms with E-state index < -0.39 is 0 Å². The van der Waals surface area contributed by atoms with Gasteiger partial charge < -0.3 is 14.5 Å². The fourth-order valence-electron chi connectivity index (χ4n) is 3.18. The summed E-state index contributed by atoms with van der Waals surface area (Å²) >= 11 is 3.38. The van der Waals surface area contributed by atoms with Gasteiger partial charge in [0.1, 0.15) is 17.9 Å². The molecule has 1 aliphatic heterocycles. The Bertz CT molecular complexity index is 935. The molecule has 6 nitrogen and oxygen atoms in total. The number of benzene rings is 2. The molecule has 0 bridgehead atoms. The lowest BCUT2D eigenvalue weighted by molar-refractivity contribution is -0.133. The van der Waals surface area contributed by atoms with Crippen molar-refractivity contribution >= 4 is 38.6 Å². The molecule has 0 saturated carbocycles. The Kier molecular flexibility index (Phi) is 5.20. The van der Waals surface area contributed by atoms with Crippen molar-refractivity contribution in [1.29, 1.82) is 0 Å². The molecule has 3 aromatic rings. The van der Waals surface area contributed by atoms with Gasteiger partial charge in [0.25, 0.3) is 5.91 Å². The number of anilines is 1. The number of hydrogen-bond acceptors (Lipinski definition) is 5. The molecule has 1 fully saturated rings. The fraction of sp³-hybridized carbons (Fsp3) is 0.250. The van der Waals surface area contributed by atoms with Crippen LogP contribution in [0.25, 0.3) is 10.9 Å². The van der Waals surface area contributed by atoms with Crippen LogP contribution in [0.5, 0.6) is 5.75 Å². The summed E-state index contributed by atoms with van der Waals surface area (Å²) in [5.74, 6) is 1.63. The first kappa shape index (κ1) is 17.7. The molecule has 0 unspecified atom stereocenters. The first-order valence-corrected chi connectivity index (χ1v) is 9.61. The van der Waals surface area contributed by atoms with E-state index in [1.54, 1.807) is 6.33 Å². The number of rotatable bonds is 4. The van der Waals surface area contributed by atoms with Gasteiger partial charge in [0.2, 0.25) is 0 Å². The summed E-state index contributed by atoms with van der Waals surface area (Å²) < 4.78 is 6.58. The minimum atomic E-state index is 0.00474. The van der Waals surface area contributed by atoms with Crippen molar-refractivity contribution in [2.24, 2.45) is 0 Å². The molecule has 27 heavy (non-hydrogen) atoms. The predicted octanol–water partition coefficient (Wildman–Crippen LogP) is 3.12. The summed E-state index contributed by atoms with van der Waals surface area (Å²) in [6.07, 6.45) is 1.60. The van der Waals surface area contributed by atoms with E-state index >= 15 is 0 Å². The average molecular weight is 427 g/mol. The van der Waals surface area contributed by atoms with Crippen LogP contribution in [-0.4, -0.2) is 53.6 Å². The Balaban J connectivity index is 1.35. The second kappa shape index (κ2) is 7.92. The van der Waals surface area contributed by atoms with Crippen LogP contribution < -0.4 is 9.64 Å². The van der Waals surface area contributed by atoms with E-state index in [0.717, 1.165) is 34.3 Å². The van der Waals surface area contributed by atoms with Crippen molar-refractivity contribution in [1.82, 2.24) is 14.9 Å². The summed E-state index contributed by atoms with van der Waals surface area (Å²) in [7, 11) is 0. The lowest BCUT2D eigenvalue weighted by Crippen LogP contribution is -2.50. The predicted molar refractivity (Wildman–Crippen MR) is 108 cm³/mol. The lowest BCUT2D eigenvalue weighted by atomic mass is 10.2. The van der Waals surface area contributed by atoms with Crippen molar-refractivity contribution in [3.63, 3.8) is 0 Å². The van der Waals surface area contributed by atoms with E-state index in [9.17, 15) is 4.79 Å². The van der Waals surface area contributed by atoms with E-state index in [4.69, 9.17) is 4.74 Å². The van der Waals surface area contributed by atoms with Crippen LogP contribution in [0.2, 0.25) is 0 Å². The maximum atomic E-state index is 12.4. The maximum absolute atomic E-state index is 12.4. The van der Waals surface area contributed by atoms with Gasteiger partial charge in [-0.2, -0.15) is 0 Å². The van der Waals surface area contributed by atoms with Gasteiger partial charge in [0, 0.05) is 36.0 Å². The van der Waals surface area contributed by atoms with Crippen molar-refractivity contribution in [2.45, 2.75) is 0 Å². The van der Waals surface area contributed by atoms with Gasteiger partial charge in [-0.25, -0.2) is 9.97 Å². The smallest absolute Gasteiger partial charge is 0.260 e. The van der Waals surface area contributed by atoms with Crippen LogP contribution in [0.15, 0.2) is 59.3 Å². The molecule has 0 atom stereocenters. The number of carbonyl (C=O) groups excluding carboxylic acids is 1. The van der Waals surface area contributed by atoms with Crippen molar-refractivity contribution in [2.75, 3.05) is 37.7 Å². The molecule has 0 radical (unpaired) electrons. The summed E-state index contributed by atoms with van der Waals surface area (Å²) in [6.45, 7) is 2.84. The Morgan fingerprint density at radius 3 is 2.52 bits per heavy atom. The molecular formula is C20H19BrN4O2. The van der Waals surface area contributed by atoms with Crippen LogP contribution in [0.3, 0.4) is 0 Å². The number of fused-ring (bicyclic) bond motifs is 1. The molecule has 1 amide bonds. The van der Waals surface area contributed by atoms with Gasteiger partial charge in [-0.1, -0.05) is 28.1 Å². The number of ether oxygens (including phenoxy) is 1. The van der Waals surface area contributed by atoms with Crippen molar-refractivity contribution < 1.29 is 9.53 Å². The Morgan fingerprint density at radius 1 is 1.00 bits per heavy atom.